The lowest BCUT2D eigenvalue weighted by Gasteiger charge is -2.15. The van der Waals surface area contributed by atoms with Crippen molar-refractivity contribution in [2.45, 2.75) is 46.2 Å². The second-order valence-corrected chi connectivity index (χ2v) is 8.37. The molecule has 176 valence electrons. The van der Waals surface area contributed by atoms with Gasteiger partial charge in [0.15, 0.2) is 5.96 Å². The highest BCUT2D eigenvalue weighted by atomic mass is 127. The van der Waals surface area contributed by atoms with Crippen LogP contribution in [0.2, 0.25) is 0 Å². The van der Waals surface area contributed by atoms with E-state index in [1.807, 2.05) is 17.0 Å². The number of guanidine groups is 1. The monoisotopic (exact) mass is 559 g/mol. The molecule has 3 aromatic rings. The van der Waals surface area contributed by atoms with Gasteiger partial charge < -0.3 is 20.5 Å². The second kappa shape index (κ2) is 12.1. The van der Waals surface area contributed by atoms with E-state index in [0.717, 1.165) is 45.0 Å². The molecular formula is C26H34IN5O. The van der Waals surface area contributed by atoms with Gasteiger partial charge in [0.25, 0.3) is 0 Å². The lowest BCUT2D eigenvalue weighted by molar-refractivity contribution is -0.131. The quantitative estimate of drug-likeness (QED) is 0.165. The molecule has 0 bridgehead atoms. The van der Waals surface area contributed by atoms with Gasteiger partial charge in [-0.05, 0) is 48.9 Å². The van der Waals surface area contributed by atoms with Crippen LogP contribution in [0, 0.1) is 6.92 Å². The van der Waals surface area contributed by atoms with Gasteiger partial charge in [0.1, 0.15) is 0 Å². The van der Waals surface area contributed by atoms with Crippen LogP contribution in [0.15, 0.2) is 53.7 Å². The molecule has 0 saturated carbocycles. The fourth-order valence-corrected chi connectivity index (χ4v) is 4.32. The van der Waals surface area contributed by atoms with Gasteiger partial charge in [-0.25, -0.2) is 0 Å². The highest BCUT2D eigenvalue weighted by Gasteiger charge is 2.22. The Morgan fingerprint density at radius 1 is 1.09 bits per heavy atom. The predicted octanol–water partition coefficient (Wildman–Crippen LogP) is 4.51. The summed E-state index contributed by atoms with van der Waals surface area (Å²) in [6.45, 7) is 7.90. The largest absolute Gasteiger partial charge is 0.361 e. The molecule has 1 aromatic heterocycles. The maximum absolute atomic E-state index is 12.6. The molecule has 4 rings (SSSR count). The van der Waals surface area contributed by atoms with Crippen molar-refractivity contribution in [2.75, 3.05) is 19.6 Å². The number of carbonyl (C=O) groups is 1. The zero-order valence-corrected chi connectivity index (χ0v) is 21.8. The summed E-state index contributed by atoms with van der Waals surface area (Å²) in [5, 5.41) is 8.01. The third-order valence-corrected chi connectivity index (χ3v) is 6.05. The zero-order chi connectivity index (χ0) is 22.3. The van der Waals surface area contributed by atoms with Crippen LogP contribution in [0.1, 0.15) is 42.0 Å². The topological polar surface area (TPSA) is 72.5 Å². The first kappa shape index (κ1) is 25.1. The van der Waals surface area contributed by atoms with Crippen molar-refractivity contribution in [2.24, 2.45) is 4.99 Å². The number of fused-ring (bicyclic) bond motifs is 2. The summed E-state index contributed by atoms with van der Waals surface area (Å²) in [5.41, 5.74) is 6.33. The Bertz CT molecular complexity index is 1080. The van der Waals surface area contributed by atoms with Crippen LogP contribution >= 0.6 is 24.0 Å². The van der Waals surface area contributed by atoms with Crippen LogP contribution in [0.4, 0.5) is 0 Å². The summed E-state index contributed by atoms with van der Waals surface area (Å²) in [6, 6.07) is 14.7. The predicted molar refractivity (Wildman–Crippen MR) is 146 cm³/mol. The lowest BCUT2D eigenvalue weighted by Crippen LogP contribution is -2.38. The number of aryl methyl sites for hydroxylation is 1. The Labute approximate surface area is 213 Å². The van der Waals surface area contributed by atoms with Gasteiger partial charge in [-0.3, -0.25) is 9.79 Å². The van der Waals surface area contributed by atoms with Gasteiger partial charge in [0.2, 0.25) is 5.91 Å². The minimum Gasteiger partial charge on any atom is -0.361 e. The summed E-state index contributed by atoms with van der Waals surface area (Å²) < 4.78 is 0. The SMILES string of the molecule is CCNC(=NCCCC(=O)N1Cc2ccccc2C1)NCCc1c[nH]c2c(C)cccc12.I. The van der Waals surface area contributed by atoms with E-state index in [-0.39, 0.29) is 29.9 Å². The first-order valence-electron chi connectivity index (χ1n) is 11.6. The maximum atomic E-state index is 12.6. The number of H-pyrrole nitrogens is 1. The smallest absolute Gasteiger partial charge is 0.223 e. The minimum absolute atomic E-state index is 0. The van der Waals surface area contributed by atoms with E-state index in [9.17, 15) is 4.79 Å². The number of aromatic amines is 1. The molecule has 2 heterocycles. The zero-order valence-electron chi connectivity index (χ0n) is 19.5. The maximum Gasteiger partial charge on any atom is 0.223 e. The molecule has 0 saturated heterocycles. The van der Waals surface area contributed by atoms with E-state index in [1.165, 1.54) is 33.2 Å². The Morgan fingerprint density at radius 2 is 1.85 bits per heavy atom. The molecule has 0 spiro atoms. The third kappa shape index (κ3) is 6.28. The molecule has 1 amide bonds. The van der Waals surface area contributed by atoms with Crippen molar-refractivity contribution in [1.82, 2.24) is 20.5 Å². The van der Waals surface area contributed by atoms with Gasteiger partial charge in [-0.1, -0.05) is 42.5 Å². The summed E-state index contributed by atoms with van der Waals surface area (Å²) >= 11 is 0. The average molecular weight is 559 g/mol. The number of nitrogens with one attached hydrogen (secondary N) is 3. The van der Waals surface area contributed by atoms with Gasteiger partial charge in [-0.15, -0.1) is 24.0 Å². The molecule has 0 fully saturated rings. The number of hydrogen-bond donors (Lipinski definition) is 3. The number of nitrogens with zero attached hydrogens (tertiary/aromatic N) is 2. The Balaban J connectivity index is 0.00000306. The van der Waals surface area contributed by atoms with E-state index in [1.54, 1.807) is 0 Å². The molecule has 0 radical (unpaired) electrons. The highest BCUT2D eigenvalue weighted by Crippen LogP contribution is 2.23. The Morgan fingerprint density at radius 3 is 2.58 bits per heavy atom. The molecule has 0 aliphatic carbocycles. The van der Waals surface area contributed by atoms with Crippen LogP contribution in [-0.2, 0) is 24.3 Å². The number of carbonyl (C=O) groups excluding carboxylic acids is 1. The molecule has 7 heteroatoms. The van der Waals surface area contributed by atoms with Crippen LogP contribution in [0.5, 0.6) is 0 Å². The Kier molecular flexibility index (Phi) is 9.17. The normalized spacial score (nSPS) is 13.0. The molecule has 1 aliphatic rings. The van der Waals surface area contributed by atoms with Crippen LogP contribution in [0.25, 0.3) is 10.9 Å². The van der Waals surface area contributed by atoms with Gasteiger partial charge in [-0.2, -0.15) is 0 Å². The number of rotatable bonds is 8. The van der Waals surface area contributed by atoms with E-state index in [0.29, 0.717) is 13.0 Å². The van der Waals surface area contributed by atoms with Crippen LogP contribution in [-0.4, -0.2) is 41.4 Å². The first-order valence-corrected chi connectivity index (χ1v) is 11.6. The number of hydrogen-bond acceptors (Lipinski definition) is 2. The molecule has 0 atom stereocenters. The van der Waals surface area contributed by atoms with Crippen LogP contribution in [0.3, 0.4) is 0 Å². The fourth-order valence-electron chi connectivity index (χ4n) is 4.32. The molecule has 6 nitrogen and oxygen atoms in total. The summed E-state index contributed by atoms with van der Waals surface area (Å²) in [6.07, 6.45) is 4.31. The number of para-hydroxylation sites is 1. The molecule has 3 N–H and O–H groups in total. The summed E-state index contributed by atoms with van der Waals surface area (Å²) in [7, 11) is 0. The van der Waals surface area contributed by atoms with Crippen molar-refractivity contribution < 1.29 is 4.79 Å². The second-order valence-electron chi connectivity index (χ2n) is 8.37. The number of benzene rings is 2. The molecule has 2 aromatic carbocycles. The van der Waals surface area contributed by atoms with Crippen molar-refractivity contribution in [3.63, 3.8) is 0 Å². The highest BCUT2D eigenvalue weighted by molar-refractivity contribution is 14.0. The summed E-state index contributed by atoms with van der Waals surface area (Å²) in [5.74, 6) is 1.02. The number of aromatic nitrogens is 1. The van der Waals surface area contributed by atoms with Crippen molar-refractivity contribution in [3.05, 3.63) is 70.9 Å². The first-order chi connectivity index (χ1) is 15.7. The van der Waals surface area contributed by atoms with Crippen LogP contribution < -0.4 is 10.6 Å². The lowest BCUT2D eigenvalue weighted by atomic mass is 10.1. The fraction of sp³-hybridized carbons (Fsp3) is 0.385. The molecular weight excluding hydrogens is 525 g/mol. The van der Waals surface area contributed by atoms with E-state index in [2.05, 4.69) is 71.0 Å². The van der Waals surface area contributed by atoms with E-state index >= 15 is 0 Å². The minimum atomic E-state index is 0. The van der Waals surface area contributed by atoms with Crippen molar-refractivity contribution in [1.29, 1.82) is 0 Å². The van der Waals surface area contributed by atoms with E-state index in [4.69, 9.17) is 0 Å². The number of aliphatic imine (C=N–C) groups is 1. The molecule has 0 unspecified atom stereocenters. The van der Waals surface area contributed by atoms with Crippen molar-refractivity contribution >= 4 is 46.7 Å². The standard InChI is InChI=1S/C26H33N5O.HI/c1-3-27-26(29-15-13-20-16-30-25-19(2)8-6-11-23(20)25)28-14-7-12-24(32)31-17-21-9-4-5-10-22(21)18-31;/h4-6,8-11,16,30H,3,7,12-15,17-18H2,1-2H3,(H2,27,28,29);1H. The number of halogens is 1. The van der Waals surface area contributed by atoms with Crippen molar-refractivity contribution in [3.8, 4) is 0 Å². The Hall–Kier alpha value is -2.55. The van der Waals surface area contributed by atoms with Gasteiger partial charge in [0, 0.05) is 56.2 Å². The average Bonchev–Trinajstić information content (AvgIpc) is 3.42. The molecule has 1 aliphatic heterocycles. The summed E-state index contributed by atoms with van der Waals surface area (Å²) in [4.78, 5) is 22.6. The van der Waals surface area contributed by atoms with Gasteiger partial charge >= 0.3 is 0 Å². The number of amides is 1. The third-order valence-electron chi connectivity index (χ3n) is 6.05. The van der Waals surface area contributed by atoms with E-state index < -0.39 is 0 Å². The molecule has 33 heavy (non-hydrogen) atoms. The van der Waals surface area contributed by atoms with Gasteiger partial charge in [0.05, 0.1) is 0 Å².